The van der Waals surface area contributed by atoms with E-state index < -0.39 is 0 Å². The molecule has 1 aliphatic heterocycles. The third-order valence-electron chi connectivity index (χ3n) is 3.37. The second kappa shape index (κ2) is 5.65. The summed E-state index contributed by atoms with van der Waals surface area (Å²) in [6.07, 6.45) is 2.13. The number of carbonyl (C=O) groups is 1. The number of anilines is 1. The molecule has 1 atom stereocenters. The van der Waals surface area contributed by atoms with Crippen molar-refractivity contribution in [1.82, 2.24) is 4.90 Å². The first kappa shape index (κ1) is 12.6. The van der Waals surface area contributed by atoms with Crippen molar-refractivity contribution in [1.29, 1.82) is 5.26 Å². The summed E-state index contributed by atoms with van der Waals surface area (Å²) in [5.74, 6) is 0.0281. The highest BCUT2D eigenvalue weighted by Gasteiger charge is 2.26. The highest BCUT2D eigenvalue weighted by molar-refractivity contribution is 5.96. The summed E-state index contributed by atoms with van der Waals surface area (Å²) in [6.45, 7) is 0.630. The van der Waals surface area contributed by atoms with Crippen LogP contribution in [0.1, 0.15) is 18.4 Å². The van der Waals surface area contributed by atoms with Crippen molar-refractivity contribution in [2.24, 2.45) is 0 Å². The van der Waals surface area contributed by atoms with Gasteiger partial charge in [0.15, 0.2) is 0 Å². The van der Waals surface area contributed by atoms with Crippen LogP contribution in [0.25, 0.3) is 0 Å². The number of nitrogens with one attached hydrogen (secondary N) is 1. The van der Waals surface area contributed by atoms with E-state index >= 15 is 0 Å². The van der Waals surface area contributed by atoms with Crippen molar-refractivity contribution < 1.29 is 4.79 Å². The lowest BCUT2D eigenvalue weighted by atomic mass is 10.1. The molecule has 0 saturated heterocycles. The van der Waals surface area contributed by atoms with E-state index in [1.807, 2.05) is 36.2 Å². The fraction of sp³-hybridized carbons (Fsp3) is 0.429. The van der Waals surface area contributed by atoms with Gasteiger partial charge < -0.3 is 5.32 Å². The maximum Gasteiger partial charge on any atom is 0.241 e. The van der Waals surface area contributed by atoms with Gasteiger partial charge in [0.1, 0.15) is 0 Å². The van der Waals surface area contributed by atoms with Gasteiger partial charge in [0.05, 0.1) is 12.1 Å². The fourth-order valence-electron chi connectivity index (χ4n) is 2.30. The average molecular weight is 243 g/mol. The van der Waals surface area contributed by atoms with Crippen LogP contribution >= 0.6 is 0 Å². The molecule has 1 unspecified atom stereocenters. The number of hydrogen-bond acceptors (Lipinski definition) is 3. The number of likely N-dealkylation sites (N-methyl/N-ethyl adjacent to an activating group) is 1. The van der Waals surface area contributed by atoms with E-state index in [1.54, 1.807) is 0 Å². The molecule has 0 saturated carbocycles. The molecule has 2 rings (SSSR count). The number of hydrogen-bond donors (Lipinski definition) is 1. The van der Waals surface area contributed by atoms with Crippen LogP contribution in [0.5, 0.6) is 0 Å². The molecule has 0 aliphatic carbocycles. The first-order valence-corrected chi connectivity index (χ1v) is 6.18. The maximum atomic E-state index is 12.1. The second-order valence-corrected chi connectivity index (χ2v) is 4.59. The van der Waals surface area contributed by atoms with Crippen LogP contribution in [-0.2, 0) is 11.2 Å². The number of para-hydroxylation sites is 1. The van der Waals surface area contributed by atoms with Crippen LogP contribution in [0.2, 0.25) is 0 Å². The van der Waals surface area contributed by atoms with Gasteiger partial charge in [-0.2, -0.15) is 5.26 Å². The van der Waals surface area contributed by atoms with Gasteiger partial charge in [-0.05, 0) is 31.5 Å². The smallest absolute Gasteiger partial charge is 0.241 e. The zero-order chi connectivity index (χ0) is 13.0. The highest BCUT2D eigenvalue weighted by Crippen LogP contribution is 2.23. The Hall–Kier alpha value is -1.86. The Morgan fingerprint density at radius 3 is 3.06 bits per heavy atom. The van der Waals surface area contributed by atoms with E-state index in [0.717, 1.165) is 18.5 Å². The normalized spacial score (nSPS) is 18.7. The summed E-state index contributed by atoms with van der Waals surface area (Å²) in [5, 5.41) is 11.6. The number of carbonyl (C=O) groups excluding carboxylic acids is 1. The van der Waals surface area contributed by atoms with E-state index in [9.17, 15) is 4.79 Å². The molecule has 1 aromatic carbocycles. The Labute approximate surface area is 107 Å². The molecule has 1 aliphatic rings. The Kier molecular flexibility index (Phi) is 3.96. The average Bonchev–Trinajstić information content (AvgIpc) is 2.54. The van der Waals surface area contributed by atoms with Crippen molar-refractivity contribution in [3.63, 3.8) is 0 Å². The molecule has 1 N–H and O–H groups in total. The zero-order valence-electron chi connectivity index (χ0n) is 10.5. The topological polar surface area (TPSA) is 56.1 Å². The summed E-state index contributed by atoms with van der Waals surface area (Å²) < 4.78 is 0. The molecular formula is C14H17N3O. The highest BCUT2D eigenvalue weighted by atomic mass is 16.2. The lowest BCUT2D eigenvalue weighted by Crippen LogP contribution is -2.41. The van der Waals surface area contributed by atoms with Crippen LogP contribution in [0, 0.1) is 11.3 Å². The van der Waals surface area contributed by atoms with E-state index in [1.165, 1.54) is 5.56 Å². The molecule has 0 spiro atoms. The summed E-state index contributed by atoms with van der Waals surface area (Å²) >= 11 is 0. The largest absolute Gasteiger partial charge is 0.324 e. The Morgan fingerprint density at radius 2 is 2.28 bits per heavy atom. The Bertz CT molecular complexity index is 478. The van der Waals surface area contributed by atoms with Crippen molar-refractivity contribution in [3.05, 3.63) is 29.8 Å². The van der Waals surface area contributed by atoms with Gasteiger partial charge in [0.2, 0.25) is 5.91 Å². The first-order chi connectivity index (χ1) is 8.72. The van der Waals surface area contributed by atoms with E-state index in [0.29, 0.717) is 13.0 Å². The predicted molar refractivity (Wildman–Crippen MR) is 70.0 cm³/mol. The SMILES string of the molecule is CN(CCC#N)C1CCc2ccccc2NC1=O. The van der Waals surface area contributed by atoms with Gasteiger partial charge in [-0.25, -0.2) is 0 Å². The minimum Gasteiger partial charge on any atom is -0.324 e. The number of fused-ring (bicyclic) bond motifs is 1. The molecule has 0 fully saturated rings. The monoisotopic (exact) mass is 243 g/mol. The summed E-state index contributed by atoms with van der Waals surface area (Å²) in [4.78, 5) is 14.1. The van der Waals surface area contributed by atoms with Crippen molar-refractivity contribution in [2.75, 3.05) is 18.9 Å². The number of amides is 1. The number of nitriles is 1. The fourth-order valence-corrected chi connectivity index (χ4v) is 2.30. The van der Waals surface area contributed by atoms with Gasteiger partial charge in [0, 0.05) is 18.7 Å². The standard InChI is InChI=1S/C14H17N3O/c1-17(10-4-9-15)13-8-7-11-5-2-3-6-12(11)16-14(13)18/h2-3,5-6,13H,4,7-8,10H2,1H3,(H,16,18). The predicted octanol–water partition coefficient (Wildman–Crippen LogP) is 1.79. The molecule has 1 aromatic rings. The number of rotatable bonds is 3. The molecule has 18 heavy (non-hydrogen) atoms. The summed E-state index contributed by atoms with van der Waals surface area (Å²) in [5.41, 5.74) is 2.10. The Balaban J connectivity index is 2.10. The second-order valence-electron chi connectivity index (χ2n) is 4.59. The van der Waals surface area contributed by atoms with E-state index in [-0.39, 0.29) is 11.9 Å². The quantitative estimate of drug-likeness (QED) is 0.880. The molecule has 0 aromatic heterocycles. The third kappa shape index (κ3) is 2.69. The van der Waals surface area contributed by atoms with Crippen LogP contribution < -0.4 is 5.32 Å². The van der Waals surface area contributed by atoms with Crippen molar-refractivity contribution in [2.45, 2.75) is 25.3 Å². The molecule has 0 bridgehead atoms. The zero-order valence-corrected chi connectivity index (χ0v) is 10.5. The van der Waals surface area contributed by atoms with Gasteiger partial charge in [0.25, 0.3) is 0 Å². The molecule has 4 nitrogen and oxygen atoms in total. The lowest BCUT2D eigenvalue weighted by molar-refractivity contribution is -0.120. The summed E-state index contributed by atoms with van der Waals surface area (Å²) in [6, 6.07) is 9.87. The molecule has 0 radical (unpaired) electrons. The van der Waals surface area contributed by atoms with Gasteiger partial charge in [-0.1, -0.05) is 18.2 Å². The molecule has 1 heterocycles. The van der Waals surface area contributed by atoms with Crippen LogP contribution in [0.3, 0.4) is 0 Å². The van der Waals surface area contributed by atoms with E-state index in [4.69, 9.17) is 5.26 Å². The first-order valence-electron chi connectivity index (χ1n) is 6.18. The number of aryl methyl sites for hydroxylation is 1. The van der Waals surface area contributed by atoms with Crippen LogP contribution in [0.15, 0.2) is 24.3 Å². The third-order valence-corrected chi connectivity index (χ3v) is 3.37. The molecule has 1 amide bonds. The van der Waals surface area contributed by atoms with Gasteiger partial charge in [-0.3, -0.25) is 9.69 Å². The minimum atomic E-state index is -0.147. The van der Waals surface area contributed by atoms with Gasteiger partial charge >= 0.3 is 0 Å². The molecule has 94 valence electrons. The van der Waals surface area contributed by atoms with Crippen molar-refractivity contribution >= 4 is 11.6 Å². The minimum absolute atomic E-state index is 0.0281. The molecular weight excluding hydrogens is 226 g/mol. The van der Waals surface area contributed by atoms with Crippen molar-refractivity contribution in [3.8, 4) is 6.07 Å². The van der Waals surface area contributed by atoms with E-state index in [2.05, 4.69) is 11.4 Å². The van der Waals surface area contributed by atoms with Gasteiger partial charge in [-0.15, -0.1) is 0 Å². The number of benzene rings is 1. The summed E-state index contributed by atoms with van der Waals surface area (Å²) in [7, 11) is 1.90. The lowest BCUT2D eigenvalue weighted by Gasteiger charge is -2.24. The van der Waals surface area contributed by atoms with Crippen LogP contribution in [-0.4, -0.2) is 30.4 Å². The number of nitrogens with zero attached hydrogens (tertiary/aromatic N) is 2. The Morgan fingerprint density at radius 1 is 1.50 bits per heavy atom. The van der Waals surface area contributed by atoms with Crippen LogP contribution in [0.4, 0.5) is 5.69 Å². The maximum absolute atomic E-state index is 12.1. The molecule has 4 heteroatoms.